The summed E-state index contributed by atoms with van der Waals surface area (Å²) in [6.45, 7) is 5.48. The molecule has 0 radical (unpaired) electrons. The van der Waals surface area contributed by atoms with Gasteiger partial charge in [0, 0.05) is 5.69 Å². The molecule has 0 saturated carbocycles. The molecule has 0 aliphatic heterocycles. The predicted octanol–water partition coefficient (Wildman–Crippen LogP) is 3.02. The van der Waals surface area contributed by atoms with Crippen LogP contribution in [0.1, 0.15) is 16.7 Å². The lowest BCUT2D eigenvalue weighted by molar-refractivity contribution is -0.114. The fraction of sp³-hybridized carbons (Fsp3) is 0.278. The van der Waals surface area contributed by atoms with E-state index in [-0.39, 0.29) is 12.5 Å². The van der Waals surface area contributed by atoms with E-state index >= 15 is 0 Å². The van der Waals surface area contributed by atoms with E-state index < -0.39 is 10.0 Å². The first-order valence-corrected chi connectivity index (χ1v) is 9.44. The van der Waals surface area contributed by atoms with E-state index in [1.807, 2.05) is 39.0 Å². The first kappa shape index (κ1) is 18.0. The van der Waals surface area contributed by atoms with E-state index in [0.717, 1.165) is 27.3 Å². The summed E-state index contributed by atoms with van der Waals surface area (Å²) in [6, 6.07) is 12.7. The molecule has 0 bridgehead atoms. The van der Waals surface area contributed by atoms with Crippen LogP contribution in [0, 0.1) is 20.8 Å². The predicted molar refractivity (Wildman–Crippen MR) is 97.9 cm³/mol. The number of amides is 1. The van der Waals surface area contributed by atoms with E-state index in [1.165, 1.54) is 0 Å². The normalized spacial score (nSPS) is 11.2. The number of hydrogen-bond acceptors (Lipinski definition) is 3. The minimum Gasteiger partial charge on any atom is -0.324 e. The Morgan fingerprint density at radius 3 is 2.38 bits per heavy atom. The van der Waals surface area contributed by atoms with Gasteiger partial charge in [-0.3, -0.25) is 9.10 Å². The topological polar surface area (TPSA) is 66.5 Å². The lowest BCUT2D eigenvalue weighted by atomic mass is 10.1. The van der Waals surface area contributed by atoms with E-state index in [1.54, 1.807) is 24.3 Å². The third-order valence-corrected chi connectivity index (χ3v) is 5.00. The maximum atomic E-state index is 12.4. The molecule has 0 unspecified atom stereocenters. The zero-order valence-electron chi connectivity index (χ0n) is 14.3. The molecule has 0 aliphatic rings. The summed E-state index contributed by atoms with van der Waals surface area (Å²) in [5.74, 6) is -0.379. The smallest absolute Gasteiger partial charge is 0.245 e. The van der Waals surface area contributed by atoms with Crippen molar-refractivity contribution in [2.75, 3.05) is 22.4 Å². The summed E-state index contributed by atoms with van der Waals surface area (Å²) in [5, 5.41) is 2.79. The van der Waals surface area contributed by atoms with Crippen molar-refractivity contribution in [1.29, 1.82) is 0 Å². The molecule has 1 N–H and O–H groups in total. The summed E-state index contributed by atoms with van der Waals surface area (Å²) in [7, 11) is -3.57. The number of nitrogens with zero attached hydrogens (tertiary/aromatic N) is 1. The zero-order valence-corrected chi connectivity index (χ0v) is 15.1. The van der Waals surface area contributed by atoms with Crippen LogP contribution in [0.15, 0.2) is 42.5 Å². The largest absolute Gasteiger partial charge is 0.324 e. The fourth-order valence-electron chi connectivity index (χ4n) is 2.39. The molecule has 0 atom stereocenters. The standard InChI is InChI=1S/C18H22N2O3S/c1-13-7-5-9-16(11-13)20(24(4,22)23)12-18(21)19-17-10-6-8-14(2)15(17)3/h5-11H,12H2,1-4H3,(H,19,21). The lowest BCUT2D eigenvalue weighted by Gasteiger charge is -2.22. The van der Waals surface area contributed by atoms with Crippen molar-refractivity contribution in [2.45, 2.75) is 20.8 Å². The molecule has 0 aromatic heterocycles. The summed E-state index contributed by atoms with van der Waals surface area (Å²) >= 11 is 0. The minimum absolute atomic E-state index is 0.268. The number of carbonyl (C=O) groups is 1. The molecule has 128 valence electrons. The van der Waals surface area contributed by atoms with Gasteiger partial charge in [-0.2, -0.15) is 0 Å². The lowest BCUT2D eigenvalue weighted by Crippen LogP contribution is -2.37. The number of rotatable bonds is 5. The first-order chi connectivity index (χ1) is 11.2. The highest BCUT2D eigenvalue weighted by molar-refractivity contribution is 7.92. The zero-order chi connectivity index (χ0) is 17.9. The Labute approximate surface area is 143 Å². The van der Waals surface area contributed by atoms with E-state index in [0.29, 0.717) is 11.4 Å². The van der Waals surface area contributed by atoms with Crippen LogP contribution >= 0.6 is 0 Å². The molecule has 24 heavy (non-hydrogen) atoms. The number of aryl methyl sites for hydroxylation is 2. The molecular weight excluding hydrogens is 324 g/mol. The van der Waals surface area contributed by atoms with E-state index in [9.17, 15) is 13.2 Å². The number of hydrogen-bond donors (Lipinski definition) is 1. The van der Waals surface area contributed by atoms with Gasteiger partial charge in [-0.05, 0) is 55.7 Å². The van der Waals surface area contributed by atoms with Crippen LogP contribution in [0.4, 0.5) is 11.4 Å². The summed E-state index contributed by atoms with van der Waals surface area (Å²) in [5.41, 5.74) is 4.13. The fourth-order valence-corrected chi connectivity index (χ4v) is 3.24. The Morgan fingerprint density at radius 1 is 1.08 bits per heavy atom. The number of anilines is 2. The number of carbonyl (C=O) groups excluding carboxylic acids is 1. The van der Waals surface area contributed by atoms with Gasteiger partial charge < -0.3 is 5.32 Å². The quantitative estimate of drug-likeness (QED) is 0.905. The van der Waals surface area contributed by atoms with Gasteiger partial charge in [0.05, 0.1) is 11.9 Å². The highest BCUT2D eigenvalue weighted by atomic mass is 32.2. The first-order valence-electron chi connectivity index (χ1n) is 7.59. The Morgan fingerprint density at radius 2 is 1.75 bits per heavy atom. The molecule has 0 heterocycles. The summed E-state index contributed by atoms with van der Waals surface area (Å²) in [6.07, 6.45) is 1.10. The van der Waals surface area contributed by atoms with Gasteiger partial charge in [0.15, 0.2) is 0 Å². The maximum absolute atomic E-state index is 12.4. The maximum Gasteiger partial charge on any atom is 0.245 e. The molecular formula is C18H22N2O3S. The number of benzene rings is 2. The highest BCUT2D eigenvalue weighted by Crippen LogP contribution is 2.20. The van der Waals surface area contributed by atoms with Gasteiger partial charge in [-0.1, -0.05) is 24.3 Å². The number of nitrogens with one attached hydrogen (secondary N) is 1. The Bertz CT molecular complexity index is 860. The van der Waals surface area contributed by atoms with E-state index in [4.69, 9.17) is 0 Å². The minimum atomic E-state index is -3.57. The van der Waals surface area contributed by atoms with E-state index in [2.05, 4.69) is 5.32 Å². The van der Waals surface area contributed by atoms with Crippen LogP contribution in [-0.4, -0.2) is 27.1 Å². The van der Waals surface area contributed by atoms with Gasteiger partial charge in [-0.25, -0.2) is 8.42 Å². The van der Waals surface area contributed by atoms with Crippen molar-refractivity contribution in [3.8, 4) is 0 Å². The van der Waals surface area contributed by atoms with Crippen LogP contribution in [0.5, 0.6) is 0 Å². The van der Waals surface area contributed by atoms with Crippen LogP contribution in [-0.2, 0) is 14.8 Å². The second-order valence-electron chi connectivity index (χ2n) is 5.90. The van der Waals surface area contributed by atoms with Crippen LogP contribution in [0.25, 0.3) is 0 Å². The second kappa shape index (κ2) is 7.05. The molecule has 0 aliphatic carbocycles. The van der Waals surface area contributed by atoms with Crippen LogP contribution < -0.4 is 9.62 Å². The van der Waals surface area contributed by atoms with Crippen molar-refractivity contribution in [1.82, 2.24) is 0 Å². The monoisotopic (exact) mass is 346 g/mol. The van der Waals surface area contributed by atoms with Gasteiger partial charge >= 0.3 is 0 Å². The molecule has 6 heteroatoms. The Balaban J connectivity index is 2.24. The third kappa shape index (κ3) is 4.35. The van der Waals surface area contributed by atoms with Gasteiger partial charge in [0.1, 0.15) is 6.54 Å². The van der Waals surface area contributed by atoms with Crippen molar-refractivity contribution in [3.05, 3.63) is 59.2 Å². The van der Waals surface area contributed by atoms with Gasteiger partial charge in [0.25, 0.3) is 0 Å². The van der Waals surface area contributed by atoms with Gasteiger partial charge in [0.2, 0.25) is 15.9 Å². The Hall–Kier alpha value is -2.34. The van der Waals surface area contributed by atoms with Crippen molar-refractivity contribution >= 4 is 27.3 Å². The SMILES string of the molecule is Cc1cccc(N(CC(=O)Nc2cccc(C)c2C)S(C)(=O)=O)c1. The molecule has 0 spiro atoms. The molecule has 2 aromatic carbocycles. The average molecular weight is 346 g/mol. The van der Waals surface area contributed by atoms with Crippen molar-refractivity contribution in [3.63, 3.8) is 0 Å². The second-order valence-corrected chi connectivity index (χ2v) is 7.81. The highest BCUT2D eigenvalue weighted by Gasteiger charge is 2.21. The average Bonchev–Trinajstić information content (AvgIpc) is 2.48. The molecule has 0 saturated heterocycles. The van der Waals surface area contributed by atoms with Gasteiger partial charge in [-0.15, -0.1) is 0 Å². The molecule has 1 amide bonds. The van der Waals surface area contributed by atoms with Crippen LogP contribution in [0.2, 0.25) is 0 Å². The Kier molecular flexibility index (Phi) is 5.29. The molecule has 2 aromatic rings. The van der Waals surface area contributed by atoms with Crippen LogP contribution in [0.3, 0.4) is 0 Å². The van der Waals surface area contributed by atoms with Crippen molar-refractivity contribution in [2.24, 2.45) is 0 Å². The molecule has 5 nitrogen and oxygen atoms in total. The molecule has 0 fully saturated rings. The molecule has 2 rings (SSSR count). The summed E-state index contributed by atoms with van der Waals surface area (Å²) < 4.78 is 25.3. The van der Waals surface area contributed by atoms with Crippen molar-refractivity contribution < 1.29 is 13.2 Å². The third-order valence-electron chi connectivity index (χ3n) is 3.86. The summed E-state index contributed by atoms with van der Waals surface area (Å²) in [4.78, 5) is 12.4. The number of sulfonamides is 1.